The zero-order chi connectivity index (χ0) is 21.3. The third-order valence-corrected chi connectivity index (χ3v) is 4.32. The van der Waals surface area contributed by atoms with Gasteiger partial charge in [0.15, 0.2) is 6.10 Å². The van der Waals surface area contributed by atoms with Gasteiger partial charge in [-0.2, -0.15) is 0 Å². The monoisotopic (exact) mass is 396 g/mol. The number of quaternary nitrogens is 1. The van der Waals surface area contributed by atoms with E-state index < -0.39 is 18.0 Å². The van der Waals surface area contributed by atoms with Crippen molar-refractivity contribution in [2.75, 3.05) is 27.7 Å². The highest BCUT2D eigenvalue weighted by molar-refractivity contribution is 5.82. The standard InChI is InChI=1S/C23H41NO4/c1-5-6-7-8-9-10-11-12-13-14-15-16-17-18-23(27)28-21(19-22(25)26)20-24(2,3)4/h10-11,17-18,21H,5-9,12-16,19-20H2,1-4H3/p+1/b11-10-,18-17+/t21-/m1/s1. The van der Waals surface area contributed by atoms with Crippen molar-refractivity contribution in [2.24, 2.45) is 0 Å². The Morgan fingerprint density at radius 2 is 1.43 bits per heavy atom. The molecule has 0 aliphatic heterocycles. The van der Waals surface area contributed by atoms with Crippen LogP contribution < -0.4 is 0 Å². The van der Waals surface area contributed by atoms with Crippen LogP contribution in [0.15, 0.2) is 24.3 Å². The number of hydrogen-bond donors (Lipinski definition) is 1. The van der Waals surface area contributed by atoms with Gasteiger partial charge < -0.3 is 14.3 Å². The van der Waals surface area contributed by atoms with Crippen LogP contribution in [-0.2, 0) is 14.3 Å². The highest BCUT2D eigenvalue weighted by atomic mass is 16.5. The SMILES string of the molecule is CCCCCC/C=C\CCCCC/C=C/C(=O)O[C@H](CC(=O)O)C[N+](C)(C)C. The van der Waals surface area contributed by atoms with Crippen molar-refractivity contribution >= 4 is 11.9 Å². The van der Waals surface area contributed by atoms with Gasteiger partial charge >= 0.3 is 11.9 Å². The zero-order valence-corrected chi connectivity index (χ0v) is 18.5. The Morgan fingerprint density at radius 1 is 0.893 bits per heavy atom. The molecule has 0 bridgehead atoms. The van der Waals surface area contributed by atoms with E-state index in [4.69, 9.17) is 9.84 Å². The van der Waals surface area contributed by atoms with Crippen molar-refractivity contribution in [1.82, 2.24) is 0 Å². The summed E-state index contributed by atoms with van der Waals surface area (Å²) in [5, 5.41) is 8.97. The molecule has 0 saturated heterocycles. The lowest BCUT2D eigenvalue weighted by atomic mass is 10.1. The molecule has 0 heterocycles. The minimum absolute atomic E-state index is 0.165. The van der Waals surface area contributed by atoms with Gasteiger partial charge in [0.25, 0.3) is 0 Å². The van der Waals surface area contributed by atoms with Crippen molar-refractivity contribution in [2.45, 2.75) is 83.7 Å². The average molecular weight is 397 g/mol. The maximum Gasteiger partial charge on any atom is 0.330 e. The molecule has 0 unspecified atom stereocenters. The van der Waals surface area contributed by atoms with Crippen LogP contribution in [0.1, 0.15) is 77.6 Å². The molecule has 0 aromatic heterocycles. The van der Waals surface area contributed by atoms with E-state index in [1.54, 1.807) is 0 Å². The maximum atomic E-state index is 11.9. The van der Waals surface area contributed by atoms with Gasteiger partial charge in [0.05, 0.1) is 27.6 Å². The number of hydrogen-bond acceptors (Lipinski definition) is 3. The van der Waals surface area contributed by atoms with E-state index >= 15 is 0 Å². The predicted octanol–water partition coefficient (Wildman–Crippen LogP) is 5.11. The summed E-state index contributed by atoms with van der Waals surface area (Å²) in [6, 6.07) is 0. The molecule has 1 atom stereocenters. The first kappa shape index (κ1) is 26.4. The second-order valence-corrected chi connectivity index (χ2v) is 8.49. The Labute approximate surface area is 172 Å². The van der Waals surface area contributed by atoms with Gasteiger partial charge in [-0.05, 0) is 38.5 Å². The second kappa shape index (κ2) is 16.3. The summed E-state index contributed by atoms with van der Waals surface area (Å²) in [5.41, 5.74) is 0. The van der Waals surface area contributed by atoms with Gasteiger partial charge in [-0.15, -0.1) is 0 Å². The molecular weight excluding hydrogens is 354 g/mol. The number of ether oxygens (including phenoxy) is 1. The van der Waals surface area contributed by atoms with E-state index in [1.807, 2.05) is 27.2 Å². The summed E-state index contributed by atoms with van der Waals surface area (Å²) in [5.74, 6) is -1.41. The number of rotatable bonds is 17. The molecule has 0 fully saturated rings. The number of nitrogens with zero attached hydrogens (tertiary/aromatic N) is 1. The van der Waals surface area contributed by atoms with E-state index in [0.29, 0.717) is 11.0 Å². The quantitative estimate of drug-likeness (QED) is 0.122. The molecule has 28 heavy (non-hydrogen) atoms. The molecule has 0 amide bonds. The fraction of sp³-hybridized carbons (Fsp3) is 0.739. The van der Waals surface area contributed by atoms with Crippen molar-refractivity contribution in [1.29, 1.82) is 0 Å². The summed E-state index contributed by atoms with van der Waals surface area (Å²) >= 11 is 0. The maximum absolute atomic E-state index is 11.9. The first-order valence-electron chi connectivity index (χ1n) is 10.8. The van der Waals surface area contributed by atoms with E-state index in [9.17, 15) is 9.59 Å². The second-order valence-electron chi connectivity index (χ2n) is 8.49. The van der Waals surface area contributed by atoms with Gasteiger partial charge in [-0.25, -0.2) is 4.79 Å². The fourth-order valence-corrected chi connectivity index (χ4v) is 2.96. The van der Waals surface area contributed by atoms with Gasteiger partial charge in [-0.1, -0.05) is 50.8 Å². The van der Waals surface area contributed by atoms with Crippen molar-refractivity contribution in [3.8, 4) is 0 Å². The molecule has 5 nitrogen and oxygen atoms in total. The molecule has 0 aromatic rings. The Morgan fingerprint density at radius 3 is 1.93 bits per heavy atom. The van der Waals surface area contributed by atoms with Crippen LogP contribution in [0.5, 0.6) is 0 Å². The van der Waals surface area contributed by atoms with Crippen molar-refractivity contribution < 1.29 is 23.9 Å². The van der Waals surface area contributed by atoms with Gasteiger partial charge in [0.2, 0.25) is 0 Å². The molecule has 5 heteroatoms. The highest BCUT2D eigenvalue weighted by Crippen LogP contribution is 2.08. The van der Waals surface area contributed by atoms with Crippen LogP contribution >= 0.6 is 0 Å². The topological polar surface area (TPSA) is 63.6 Å². The predicted molar refractivity (Wildman–Crippen MR) is 115 cm³/mol. The van der Waals surface area contributed by atoms with E-state index in [1.165, 1.54) is 44.6 Å². The van der Waals surface area contributed by atoms with Gasteiger partial charge in [-0.3, -0.25) is 4.79 Å². The number of unbranched alkanes of at least 4 members (excludes halogenated alkanes) is 8. The Hall–Kier alpha value is -1.62. The molecule has 0 aliphatic rings. The molecule has 0 radical (unpaired) electrons. The van der Waals surface area contributed by atoms with Crippen LogP contribution in [0.4, 0.5) is 0 Å². The summed E-state index contributed by atoms with van der Waals surface area (Å²) in [6.07, 6.45) is 18.9. The Kier molecular flexibility index (Phi) is 15.4. The number of carboxylic acid groups (broad SMARTS) is 1. The third-order valence-electron chi connectivity index (χ3n) is 4.32. The summed E-state index contributed by atoms with van der Waals surface area (Å²) in [7, 11) is 5.83. The number of carboxylic acids is 1. The number of carbonyl (C=O) groups excluding carboxylic acids is 1. The minimum Gasteiger partial charge on any atom is -0.481 e. The molecule has 0 aromatic carbocycles. The van der Waals surface area contributed by atoms with Crippen LogP contribution in [0.3, 0.4) is 0 Å². The zero-order valence-electron chi connectivity index (χ0n) is 18.5. The van der Waals surface area contributed by atoms with Crippen LogP contribution in [0.25, 0.3) is 0 Å². The number of allylic oxidation sites excluding steroid dienone is 3. The first-order valence-corrected chi connectivity index (χ1v) is 10.8. The highest BCUT2D eigenvalue weighted by Gasteiger charge is 2.23. The summed E-state index contributed by atoms with van der Waals surface area (Å²) in [4.78, 5) is 22.8. The summed E-state index contributed by atoms with van der Waals surface area (Å²) in [6.45, 7) is 2.70. The number of esters is 1. The minimum atomic E-state index is -0.953. The molecule has 0 rings (SSSR count). The lowest BCUT2D eigenvalue weighted by Crippen LogP contribution is -2.43. The van der Waals surface area contributed by atoms with Crippen LogP contribution in [0.2, 0.25) is 0 Å². The van der Waals surface area contributed by atoms with Crippen molar-refractivity contribution in [3.63, 3.8) is 0 Å². The molecular formula is C23H42NO4+. The van der Waals surface area contributed by atoms with E-state index in [2.05, 4.69) is 19.1 Å². The number of likely N-dealkylation sites (N-methyl/N-ethyl adjacent to an activating group) is 1. The normalized spacial score (nSPS) is 13.3. The molecule has 1 N–H and O–H groups in total. The lowest BCUT2D eigenvalue weighted by molar-refractivity contribution is -0.873. The number of carbonyl (C=O) groups is 2. The summed E-state index contributed by atoms with van der Waals surface area (Å²) < 4.78 is 5.86. The molecule has 0 saturated carbocycles. The van der Waals surface area contributed by atoms with Gasteiger partial charge in [0, 0.05) is 6.08 Å². The molecule has 0 spiro atoms. The smallest absolute Gasteiger partial charge is 0.330 e. The first-order chi connectivity index (χ1) is 13.2. The largest absolute Gasteiger partial charge is 0.481 e. The van der Waals surface area contributed by atoms with Crippen molar-refractivity contribution in [3.05, 3.63) is 24.3 Å². The third kappa shape index (κ3) is 19.2. The Balaban J connectivity index is 3.86. The number of aliphatic carboxylic acids is 1. The molecule has 162 valence electrons. The average Bonchev–Trinajstić information content (AvgIpc) is 2.56. The Bertz CT molecular complexity index is 477. The lowest BCUT2D eigenvalue weighted by Gasteiger charge is -2.28. The van der Waals surface area contributed by atoms with Crippen LogP contribution in [0, 0.1) is 0 Å². The molecule has 0 aliphatic carbocycles. The van der Waals surface area contributed by atoms with E-state index in [0.717, 1.165) is 25.7 Å². The van der Waals surface area contributed by atoms with Crippen LogP contribution in [-0.4, -0.2) is 55.3 Å². The fourth-order valence-electron chi connectivity index (χ4n) is 2.96. The van der Waals surface area contributed by atoms with E-state index in [-0.39, 0.29) is 6.42 Å². The van der Waals surface area contributed by atoms with Gasteiger partial charge in [0.1, 0.15) is 6.54 Å².